The third-order valence-corrected chi connectivity index (χ3v) is 2.35. The lowest BCUT2D eigenvalue weighted by atomic mass is 10.1. The molecule has 0 saturated heterocycles. The first-order valence-electron chi connectivity index (χ1n) is 5.69. The van der Waals surface area contributed by atoms with Crippen LogP contribution in [0.4, 0.5) is 4.39 Å². The van der Waals surface area contributed by atoms with Crippen molar-refractivity contribution >= 4 is 0 Å². The topological polar surface area (TPSA) is 53.0 Å². The number of halogens is 1. The van der Waals surface area contributed by atoms with Gasteiger partial charge in [0.25, 0.3) is 0 Å². The van der Waals surface area contributed by atoms with Gasteiger partial charge in [-0.05, 0) is 30.8 Å². The van der Waals surface area contributed by atoms with Crippen LogP contribution < -0.4 is 5.73 Å². The van der Waals surface area contributed by atoms with Gasteiger partial charge in [-0.3, -0.25) is 0 Å². The quantitative estimate of drug-likeness (QED) is 0.817. The van der Waals surface area contributed by atoms with Gasteiger partial charge in [0, 0.05) is 25.1 Å². The number of nitrogens with two attached hydrogens (primary N) is 1. The van der Waals surface area contributed by atoms with Crippen molar-refractivity contribution in [2.45, 2.75) is 13.0 Å². The summed E-state index contributed by atoms with van der Waals surface area (Å²) in [6, 6.07) is 6.80. The van der Waals surface area contributed by atoms with Crippen LogP contribution in [0.15, 0.2) is 18.2 Å². The molecule has 0 atom stereocenters. The minimum Gasteiger partial charge on any atom is -0.320 e. The summed E-state index contributed by atoms with van der Waals surface area (Å²) in [6.07, 6.45) is 0.464. The fourth-order valence-electron chi connectivity index (χ4n) is 1.60. The Morgan fingerprint density at radius 2 is 2.17 bits per heavy atom. The molecule has 1 aromatic rings. The monoisotopic (exact) mass is 245 g/mol. The third kappa shape index (κ3) is 4.97. The summed E-state index contributed by atoms with van der Waals surface area (Å²) >= 11 is 0. The first-order chi connectivity index (χ1) is 8.65. The molecular weight excluding hydrogens is 229 g/mol. The zero-order valence-corrected chi connectivity index (χ0v) is 10.4. The largest absolute Gasteiger partial charge is 0.320 e. The van der Waals surface area contributed by atoms with Gasteiger partial charge >= 0.3 is 0 Å². The minimum absolute atomic E-state index is 0.258. The van der Waals surface area contributed by atoms with E-state index in [0.717, 1.165) is 5.56 Å². The van der Waals surface area contributed by atoms with Gasteiger partial charge in [-0.2, -0.15) is 5.26 Å². The first-order valence-corrected chi connectivity index (χ1v) is 5.69. The van der Waals surface area contributed by atoms with Crippen LogP contribution in [0, 0.1) is 29.0 Å². The molecule has 4 heteroatoms. The number of hydrogen-bond acceptors (Lipinski definition) is 3. The van der Waals surface area contributed by atoms with Crippen molar-refractivity contribution in [3.8, 4) is 17.9 Å². The molecule has 0 saturated carbocycles. The molecule has 0 heterocycles. The fourth-order valence-corrected chi connectivity index (χ4v) is 1.60. The maximum Gasteiger partial charge on any atom is 0.124 e. The van der Waals surface area contributed by atoms with Crippen LogP contribution >= 0.6 is 0 Å². The predicted molar refractivity (Wildman–Crippen MR) is 68.9 cm³/mol. The van der Waals surface area contributed by atoms with Crippen molar-refractivity contribution in [3.05, 3.63) is 35.1 Å². The molecule has 1 aromatic carbocycles. The number of hydrogen-bond donors (Lipinski definition) is 1. The van der Waals surface area contributed by atoms with Gasteiger partial charge in [0.15, 0.2) is 0 Å². The van der Waals surface area contributed by atoms with E-state index in [1.54, 1.807) is 0 Å². The molecule has 2 N–H and O–H groups in total. The second-order valence-electron chi connectivity index (χ2n) is 4.00. The second-order valence-corrected chi connectivity index (χ2v) is 4.00. The standard InChI is InChI=1S/C14H16FN3/c1-18(7-3-6-17)11-13-8-12(4-2-5-16)9-14(15)10-13/h8-10H,3,5,7,11,16H2,1H3. The van der Waals surface area contributed by atoms with Crippen LogP contribution in [0.25, 0.3) is 0 Å². The summed E-state index contributed by atoms with van der Waals surface area (Å²) in [5, 5.41) is 8.50. The highest BCUT2D eigenvalue weighted by atomic mass is 19.1. The number of nitriles is 1. The Kier molecular flexibility index (Phi) is 5.87. The lowest BCUT2D eigenvalue weighted by Gasteiger charge is -2.15. The predicted octanol–water partition coefficient (Wildman–Crippen LogP) is 1.48. The average molecular weight is 245 g/mol. The number of nitrogens with zero attached hydrogens (tertiary/aromatic N) is 2. The fraction of sp³-hybridized carbons (Fsp3) is 0.357. The van der Waals surface area contributed by atoms with Crippen molar-refractivity contribution in [1.29, 1.82) is 5.26 Å². The molecule has 0 unspecified atom stereocenters. The molecule has 94 valence electrons. The van der Waals surface area contributed by atoms with Gasteiger partial charge in [0.05, 0.1) is 12.6 Å². The van der Waals surface area contributed by atoms with Gasteiger partial charge in [-0.1, -0.05) is 11.8 Å². The van der Waals surface area contributed by atoms with Crippen LogP contribution in [-0.4, -0.2) is 25.0 Å². The summed E-state index contributed by atoms with van der Waals surface area (Å²) < 4.78 is 13.4. The Bertz CT molecular complexity index is 494. The van der Waals surface area contributed by atoms with E-state index in [9.17, 15) is 4.39 Å². The molecule has 0 amide bonds. The van der Waals surface area contributed by atoms with E-state index < -0.39 is 0 Å². The Morgan fingerprint density at radius 3 is 2.83 bits per heavy atom. The van der Waals surface area contributed by atoms with Gasteiger partial charge < -0.3 is 10.6 Å². The van der Waals surface area contributed by atoms with E-state index in [4.69, 9.17) is 11.0 Å². The molecule has 3 nitrogen and oxygen atoms in total. The summed E-state index contributed by atoms with van der Waals surface area (Å²) in [6.45, 7) is 1.52. The number of rotatable bonds is 4. The van der Waals surface area contributed by atoms with Crippen LogP contribution in [-0.2, 0) is 6.54 Å². The van der Waals surface area contributed by atoms with E-state index >= 15 is 0 Å². The highest BCUT2D eigenvalue weighted by molar-refractivity contribution is 5.37. The highest BCUT2D eigenvalue weighted by Gasteiger charge is 2.03. The number of benzene rings is 1. The van der Waals surface area contributed by atoms with Crippen molar-refractivity contribution in [2.24, 2.45) is 5.73 Å². The Morgan fingerprint density at radius 1 is 1.39 bits per heavy atom. The van der Waals surface area contributed by atoms with Gasteiger partial charge in [-0.15, -0.1) is 0 Å². The lowest BCUT2D eigenvalue weighted by Crippen LogP contribution is -2.18. The van der Waals surface area contributed by atoms with Crippen LogP contribution in [0.3, 0.4) is 0 Å². The minimum atomic E-state index is -0.303. The molecule has 0 aromatic heterocycles. The van der Waals surface area contributed by atoms with Crippen LogP contribution in [0.2, 0.25) is 0 Å². The molecular formula is C14H16FN3. The molecule has 18 heavy (non-hydrogen) atoms. The molecule has 0 aliphatic carbocycles. The summed E-state index contributed by atoms with van der Waals surface area (Å²) in [4.78, 5) is 1.97. The van der Waals surface area contributed by atoms with Crippen molar-refractivity contribution in [2.75, 3.05) is 20.1 Å². The van der Waals surface area contributed by atoms with Gasteiger partial charge in [0.2, 0.25) is 0 Å². The summed E-state index contributed by atoms with van der Waals surface area (Å²) in [5.41, 5.74) is 6.75. The molecule has 0 aliphatic heterocycles. The zero-order chi connectivity index (χ0) is 13.4. The molecule has 0 fully saturated rings. The van der Waals surface area contributed by atoms with E-state index in [2.05, 4.69) is 17.9 Å². The maximum atomic E-state index is 13.4. The Hall–Kier alpha value is -1.88. The molecule has 0 spiro atoms. The molecule has 0 aliphatic rings. The van der Waals surface area contributed by atoms with E-state index in [1.807, 2.05) is 18.0 Å². The summed E-state index contributed by atoms with van der Waals surface area (Å²) in [5.74, 6) is 5.21. The maximum absolute atomic E-state index is 13.4. The average Bonchev–Trinajstić information content (AvgIpc) is 2.33. The van der Waals surface area contributed by atoms with Crippen molar-refractivity contribution in [1.82, 2.24) is 4.90 Å². The van der Waals surface area contributed by atoms with Crippen molar-refractivity contribution < 1.29 is 4.39 Å². The third-order valence-electron chi connectivity index (χ3n) is 2.35. The first kappa shape index (κ1) is 14.2. The van der Waals surface area contributed by atoms with Crippen LogP contribution in [0.1, 0.15) is 17.5 Å². The molecule has 1 rings (SSSR count). The molecule has 0 bridgehead atoms. The zero-order valence-electron chi connectivity index (χ0n) is 10.4. The second kappa shape index (κ2) is 7.45. The van der Waals surface area contributed by atoms with Gasteiger partial charge in [0.1, 0.15) is 5.82 Å². The normalized spacial score (nSPS) is 9.72. The van der Waals surface area contributed by atoms with E-state index in [1.165, 1.54) is 12.1 Å². The Labute approximate surface area is 107 Å². The molecule has 0 radical (unpaired) electrons. The smallest absolute Gasteiger partial charge is 0.124 e. The SMILES string of the molecule is CN(CCC#N)Cc1cc(F)cc(C#CCN)c1. The van der Waals surface area contributed by atoms with Gasteiger partial charge in [-0.25, -0.2) is 4.39 Å². The highest BCUT2D eigenvalue weighted by Crippen LogP contribution is 2.10. The van der Waals surface area contributed by atoms with Crippen LogP contribution in [0.5, 0.6) is 0 Å². The Balaban J connectivity index is 2.77. The van der Waals surface area contributed by atoms with Crippen molar-refractivity contribution in [3.63, 3.8) is 0 Å². The lowest BCUT2D eigenvalue weighted by molar-refractivity contribution is 0.334. The summed E-state index contributed by atoms with van der Waals surface area (Å²) in [7, 11) is 1.90. The van der Waals surface area contributed by atoms with E-state index in [0.29, 0.717) is 25.1 Å². The van der Waals surface area contributed by atoms with E-state index in [-0.39, 0.29) is 12.4 Å².